The molecule has 3 fully saturated rings. The van der Waals surface area contributed by atoms with Gasteiger partial charge in [-0.15, -0.1) is 0 Å². The van der Waals surface area contributed by atoms with E-state index in [0.717, 1.165) is 28.1 Å². The van der Waals surface area contributed by atoms with Crippen LogP contribution in [0, 0.1) is 5.92 Å². The summed E-state index contributed by atoms with van der Waals surface area (Å²) in [7, 11) is -11.4. The van der Waals surface area contributed by atoms with Crippen LogP contribution in [-0.4, -0.2) is 108 Å². The van der Waals surface area contributed by atoms with Gasteiger partial charge in [-0.25, -0.2) is 24.5 Å². The third-order valence-corrected chi connectivity index (χ3v) is 10.5. The third kappa shape index (κ3) is 5.12. The van der Waals surface area contributed by atoms with Crippen molar-refractivity contribution in [2.24, 2.45) is 5.92 Å². The normalized spacial score (nSPS) is 37.7. The van der Waals surface area contributed by atoms with Crippen molar-refractivity contribution in [2.45, 2.75) is 48.6 Å². The van der Waals surface area contributed by atoms with Crippen molar-refractivity contribution in [3.8, 4) is 0 Å². The van der Waals surface area contributed by atoms with Crippen LogP contribution in [0.5, 0.6) is 0 Å². The summed E-state index contributed by atoms with van der Waals surface area (Å²) in [6.45, 7) is -2.30. The molecule has 0 saturated carbocycles. The van der Waals surface area contributed by atoms with Crippen molar-refractivity contribution in [1.29, 1.82) is 0 Å². The molecule has 3 aliphatic rings. The summed E-state index contributed by atoms with van der Waals surface area (Å²) in [5.41, 5.74) is 5.08. The number of anilines is 2. The number of nitrogen functional groups attached to an aromatic ring is 2. The van der Waals surface area contributed by atoms with Gasteiger partial charge in [-0.2, -0.15) is 13.8 Å². The highest BCUT2D eigenvalue weighted by Gasteiger charge is 2.67. The van der Waals surface area contributed by atoms with E-state index in [1.165, 1.54) is 0 Å². The van der Waals surface area contributed by atoms with Crippen molar-refractivity contribution in [3.63, 3.8) is 0 Å². The van der Waals surface area contributed by atoms with Crippen LogP contribution in [0.1, 0.15) is 12.5 Å². The van der Waals surface area contributed by atoms with Gasteiger partial charge in [-0.05, 0) is 0 Å². The van der Waals surface area contributed by atoms with E-state index in [2.05, 4.69) is 29.9 Å². The van der Waals surface area contributed by atoms with Crippen LogP contribution in [0.25, 0.3) is 22.3 Å². The molecule has 2 bridgehead atoms. The van der Waals surface area contributed by atoms with Gasteiger partial charge in [0.05, 0.1) is 32.0 Å². The molecule has 0 amide bonds. The highest BCUT2D eigenvalue weighted by atomic mass is 31.2. The second-order valence-electron chi connectivity index (χ2n) is 10.7. The first-order valence-corrected chi connectivity index (χ1v) is 16.5. The molecule has 47 heavy (non-hydrogen) atoms. The number of ether oxygens (including phenoxy) is 2. The van der Waals surface area contributed by atoms with E-state index in [-0.39, 0.29) is 22.5 Å². The fourth-order valence-corrected chi connectivity index (χ4v) is 7.84. The van der Waals surface area contributed by atoms with Gasteiger partial charge in [0.15, 0.2) is 28.9 Å². The Bertz CT molecular complexity index is 2030. The smallest absolute Gasteiger partial charge is 0.390 e. The van der Waals surface area contributed by atoms with E-state index in [4.69, 9.17) is 34.5 Å². The maximum atomic E-state index is 16.2. The zero-order valence-electron chi connectivity index (χ0n) is 23.3. The van der Waals surface area contributed by atoms with E-state index in [0.29, 0.717) is 0 Å². The van der Waals surface area contributed by atoms with Gasteiger partial charge >= 0.3 is 21.1 Å². The Labute approximate surface area is 258 Å². The molecule has 3 saturated heterocycles. The number of imidazole rings is 2. The molecule has 22 nitrogen and oxygen atoms in total. The third-order valence-electron chi connectivity index (χ3n) is 7.91. The molecule has 0 aliphatic carbocycles. The minimum atomic E-state index is -6.15. The van der Waals surface area contributed by atoms with E-state index < -0.39 is 100 Å². The van der Waals surface area contributed by atoms with Gasteiger partial charge in [-0.1, -0.05) is 0 Å². The summed E-state index contributed by atoms with van der Waals surface area (Å²) in [6.07, 6.45) is -10.3. The fourth-order valence-electron chi connectivity index (χ4n) is 5.70. The van der Waals surface area contributed by atoms with Crippen LogP contribution in [0.3, 0.4) is 0 Å². The Kier molecular flexibility index (Phi) is 7.50. The number of hydrogen-bond acceptors (Lipinski definition) is 17. The number of hydrogen-bond donors (Lipinski definition) is 7. The highest BCUT2D eigenvalue weighted by Crippen LogP contribution is 2.66. The van der Waals surface area contributed by atoms with Crippen molar-refractivity contribution in [1.82, 2.24) is 39.0 Å². The van der Waals surface area contributed by atoms with Crippen LogP contribution in [0.2, 0.25) is 0 Å². The second-order valence-corrected chi connectivity index (χ2v) is 14.0. The summed E-state index contributed by atoms with van der Waals surface area (Å²) in [6, 6.07) is 0. The number of nitrogens with one attached hydrogen (secondary N) is 1. The predicted molar refractivity (Wildman–Crippen MR) is 147 cm³/mol. The number of aliphatic hydroxyl groups is 2. The number of aliphatic hydroxyl groups excluding tert-OH is 2. The minimum absolute atomic E-state index is 0.0350. The molecule has 4 aromatic heterocycles. The van der Waals surface area contributed by atoms with Crippen molar-refractivity contribution in [2.75, 3.05) is 24.7 Å². The number of alkyl halides is 2. The Hall–Kier alpha value is -3.54. The van der Waals surface area contributed by atoms with E-state index in [1.807, 2.05) is 0 Å². The molecule has 7 heterocycles. The maximum absolute atomic E-state index is 16.2. The number of rotatable bonds is 2. The molecule has 0 aromatic carbocycles. The Morgan fingerprint density at radius 2 is 1.57 bits per heavy atom. The summed E-state index contributed by atoms with van der Waals surface area (Å²) >= 11 is 0. The molecular weight excluding hydrogens is 684 g/mol. The first kappa shape index (κ1) is 32.0. The van der Waals surface area contributed by atoms with Crippen LogP contribution < -0.4 is 17.0 Å². The van der Waals surface area contributed by atoms with Crippen LogP contribution in [0.4, 0.5) is 20.5 Å². The quantitative estimate of drug-likeness (QED) is 0.117. The average molecular weight is 708 g/mol. The minimum Gasteiger partial charge on any atom is -0.390 e. The molecule has 0 radical (unpaired) electrons. The van der Waals surface area contributed by atoms with Gasteiger partial charge in [0, 0.05) is 0 Å². The molecule has 254 valence electrons. The number of H-pyrrole nitrogens is 1. The molecule has 4 aromatic rings. The number of aromatic nitrogens is 8. The Balaban J connectivity index is 1.26. The number of nitrogens with two attached hydrogens (primary N) is 2. The molecule has 9 N–H and O–H groups in total. The van der Waals surface area contributed by atoms with E-state index >= 15 is 8.78 Å². The monoisotopic (exact) mass is 708 g/mol. The van der Waals surface area contributed by atoms with Gasteiger partial charge in [0.1, 0.15) is 48.4 Å². The molecule has 26 heteroatoms. The van der Waals surface area contributed by atoms with Gasteiger partial charge in [-0.3, -0.25) is 32.5 Å². The van der Waals surface area contributed by atoms with Gasteiger partial charge in [0.25, 0.3) is 5.56 Å². The van der Waals surface area contributed by atoms with Crippen molar-refractivity contribution < 1.29 is 61.0 Å². The van der Waals surface area contributed by atoms with Crippen molar-refractivity contribution >= 4 is 49.5 Å². The van der Waals surface area contributed by atoms with Crippen LogP contribution in [-0.2, 0) is 32.2 Å². The van der Waals surface area contributed by atoms with E-state index in [1.54, 1.807) is 0 Å². The standard InChI is InChI=1S/C21H24F2N10O12P2/c22-21(23)8-11(34)6(43-18(8)33-5-29-10-16(33)30-20(25)31-17(10)36)1-42-47(39,40)45-13-7(2-41-46(21,37)38)44-19(12(13)35)32-4-28-9-14(24)26-3-27-15(9)32/h3-8,11-13,18-19,34-35H,1-2H2,(H,37,38)(H,39,40)(H2,24,26,27)(H3,25,30,31,36)/t6-,7-,8?,11?,12?,13?,18-,19-/m1/s1. The first-order chi connectivity index (χ1) is 22.1. The largest absolute Gasteiger partial charge is 0.472 e. The summed E-state index contributed by atoms with van der Waals surface area (Å²) < 4.78 is 86.9. The topological polar surface area (TPSA) is 320 Å². The lowest BCUT2D eigenvalue weighted by atomic mass is 10.00. The predicted octanol–water partition coefficient (Wildman–Crippen LogP) is -1.43. The molecule has 3 aliphatic heterocycles. The molecule has 7 rings (SSSR count). The fraction of sp³-hybridized carbons (Fsp3) is 0.524. The van der Waals surface area contributed by atoms with Crippen LogP contribution in [0.15, 0.2) is 23.8 Å². The highest BCUT2D eigenvalue weighted by molar-refractivity contribution is 7.54. The number of nitrogens with zero attached hydrogens (tertiary/aromatic N) is 7. The molecule has 6 unspecified atom stereocenters. The summed E-state index contributed by atoms with van der Waals surface area (Å²) in [5, 5.41) is 22.1. The first-order valence-electron chi connectivity index (χ1n) is 13.4. The number of fused-ring (bicyclic) bond motifs is 5. The maximum Gasteiger partial charge on any atom is 0.472 e. The summed E-state index contributed by atoms with van der Waals surface area (Å²) in [4.78, 5) is 55.2. The molecule has 0 spiro atoms. The van der Waals surface area contributed by atoms with Crippen molar-refractivity contribution in [3.05, 3.63) is 29.3 Å². The lowest BCUT2D eigenvalue weighted by Crippen LogP contribution is -2.42. The molecular formula is C21H24F2N10O12P2. The zero-order chi connectivity index (χ0) is 33.6. The SMILES string of the molecule is Nc1nc2c(ncn2[C@@H]2O[C@@H]3COP(=O)(O)OC4C(O)[C@H](n5cnc6c(N)ncnc65)O[C@@H]4COP(=O)(O)C(F)(F)C2C3O)c(=O)[nH]1. The number of phosphoric acid groups is 1. The van der Waals surface area contributed by atoms with E-state index in [9.17, 15) is 33.9 Å². The lowest BCUT2D eigenvalue weighted by Gasteiger charge is -2.32. The summed E-state index contributed by atoms with van der Waals surface area (Å²) in [5.74, 6) is -3.10. The number of phosphoric ester groups is 1. The Morgan fingerprint density at radius 3 is 2.32 bits per heavy atom. The van der Waals surface area contributed by atoms with Crippen LogP contribution >= 0.6 is 15.4 Å². The average Bonchev–Trinajstić information content (AvgIpc) is 3.75. The number of halogens is 2. The Morgan fingerprint density at radius 1 is 0.915 bits per heavy atom. The second kappa shape index (κ2) is 11.0. The number of aromatic amines is 1. The zero-order valence-corrected chi connectivity index (χ0v) is 25.0. The van der Waals surface area contributed by atoms with Gasteiger partial charge < -0.3 is 45.5 Å². The molecule has 10 atom stereocenters. The van der Waals surface area contributed by atoms with Gasteiger partial charge in [0.2, 0.25) is 5.95 Å². The lowest BCUT2D eigenvalue weighted by molar-refractivity contribution is -0.0911.